The van der Waals surface area contributed by atoms with Crippen LogP contribution in [-0.2, 0) is 0 Å². The van der Waals surface area contributed by atoms with Gasteiger partial charge < -0.3 is 10.0 Å². The van der Waals surface area contributed by atoms with Gasteiger partial charge in [-0.05, 0) is 18.9 Å². The van der Waals surface area contributed by atoms with Crippen LogP contribution < -0.4 is 0 Å². The van der Waals surface area contributed by atoms with Gasteiger partial charge in [0.1, 0.15) is 0 Å². The van der Waals surface area contributed by atoms with Gasteiger partial charge >= 0.3 is 0 Å². The van der Waals surface area contributed by atoms with E-state index in [-0.39, 0.29) is 0 Å². The van der Waals surface area contributed by atoms with Gasteiger partial charge in [0.15, 0.2) is 0 Å². The lowest BCUT2D eigenvalue weighted by molar-refractivity contribution is 0.0591. The molecule has 0 radical (unpaired) electrons. The Morgan fingerprint density at radius 2 is 1.93 bits per heavy atom. The number of hydrogen-bond acceptors (Lipinski definition) is 3. The van der Waals surface area contributed by atoms with E-state index < -0.39 is 0 Å². The summed E-state index contributed by atoms with van der Waals surface area (Å²) >= 11 is 0. The fraction of sp³-hybridized carbons (Fsp3) is 1.00. The van der Waals surface area contributed by atoms with Crippen molar-refractivity contribution in [3.8, 4) is 0 Å². The largest absolute Gasteiger partial charge is 0.396 e. The number of nitrogens with zero attached hydrogens (tertiary/aromatic N) is 2. The van der Waals surface area contributed by atoms with Crippen LogP contribution in [0, 0.1) is 5.41 Å². The molecule has 0 saturated carbocycles. The molecule has 1 N–H and O–H groups in total. The number of likely N-dealkylation sites (N-methyl/N-ethyl adjacent to an activating group) is 1. The van der Waals surface area contributed by atoms with E-state index >= 15 is 0 Å². The quantitative estimate of drug-likeness (QED) is 0.760. The van der Waals surface area contributed by atoms with Crippen LogP contribution in [0.1, 0.15) is 27.2 Å². The zero-order valence-electron chi connectivity index (χ0n) is 10.7. The molecule has 0 aromatic heterocycles. The summed E-state index contributed by atoms with van der Waals surface area (Å²) < 4.78 is 0. The molecule has 0 spiro atoms. The summed E-state index contributed by atoms with van der Waals surface area (Å²) in [5, 5.41) is 9.01. The lowest BCUT2D eigenvalue weighted by atomic mass is 9.95. The van der Waals surface area contributed by atoms with E-state index in [9.17, 15) is 0 Å². The monoisotopic (exact) mass is 214 g/mol. The molecule has 0 bridgehead atoms. The van der Waals surface area contributed by atoms with Crippen LogP contribution in [0.2, 0.25) is 0 Å². The maximum absolute atomic E-state index is 9.01. The molecule has 0 amide bonds. The molecule has 3 nitrogen and oxygen atoms in total. The first-order valence-corrected chi connectivity index (χ1v) is 5.96. The molecule has 0 aromatic rings. The number of hydrogen-bond donors (Lipinski definition) is 1. The van der Waals surface area contributed by atoms with Crippen LogP contribution in [0.15, 0.2) is 0 Å². The van der Waals surface area contributed by atoms with E-state index in [4.69, 9.17) is 5.11 Å². The van der Waals surface area contributed by atoms with E-state index in [1.165, 1.54) is 0 Å². The predicted molar refractivity (Wildman–Crippen MR) is 64.0 cm³/mol. The lowest BCUT2D eigenvalue weighted by Crippen LogP contribution is -2.53. The molecule has 1 rings (SSSR count). The van der Waals surface area contributed by atoms with Crippen LogP contribution >= 0.6 is 0 Å². The molecule has 90 valence electrons. The van der Waals surface area contributed by atoms with E-state index in [1.54, 1.807) is 0 Å². The van der Waals surface area contributed by atoms with Crippen LogP contribution in [0.25, 0.3) is 0 Å². The Morgan fingerprint density at radius 1 is 1.27 bits per heavy atom. The van der Waals surface area contributed by atoms with Gasteiger partial charge in [-0.2, -0.15) is 0 Å². The van der Waals surface area contributed by atoms with Crippen molar-refractivity contribution in [3.05, 3.63) is 0 Å². The van der Waals surface area contributed by atoms with Crippen molar-refractivity contribution >= 4 is 0 Å². The third-order valence-corrected chi connectivity index (χ3v) is 3.02. The molecule has 1 fully saturated rings. The van der Waals surface area contributed by atoms with Gasteiger partial charge in [-0.3, -0.25) is 4.90 Å². The Morgan fingerprint density at radius 3 is 2.47 bits per heavy atom. The Bertz CT molecular complexity index is 189. The van der Waals surface area contributed by atoms with E-state index in [0.29, 0.717) is 18.1 Å². The molecular weight excluding hydrogens is 188 g/mol. The van der Waals surface area contributed by atoms with E-state index in [0.717, 1.165) is 32.6 Å². The average Bonchev–Trinajstić information content (AvgIpc) is 2.09. The topological polar surface area (TPSA) is 26.7 Å². The van der Waals surface area contributed by atoms with Gasteiger partial charge in [0.25, 0.3) is 0 Å². The van der Waals surface area contributed by atoms with Crippen molar-refractivity contribution in [1.82, 2.24) is 9.80 Å². The van der Waals surface area contributed by atoms with Crippen LogP contribution in [0.3, 0.4) is 0 Å². The van der Waals surface area contributed by atoms with Crippen molar-refractivity contribution in [3.63, 3.8) is 0 Å². The Hall–Kier alpha value is -0.120. The second kappa shape index (κ2) is 5.28. The third kappa shape index (κ3) is 4.49. The van der Waals surface area contributed by atoms with Crippen molar-refractivity contribution in [2.75, 3.05) is 39.8 Å². The second-order valence-electron chi connectivity index (χ2n) is 5.94. The van der Waals surface area contributed by atoms with Gasteiger partial charge in [0, 0.05) is 38.8 Å². The summed E-state index contributed by atoms with van der Waals surface area (Å²) in [5.74, 6) is 0. The Labute approximate surface area is 94.1 Å². The van der Waals surface area contributed by atoms with Gasteiger partial charge in [0.05, 0.1) is 0 Å². The molecule has 1 aliphatic heterocycles. The normalized spacial score (nSPS) is 25.8. The first-order valence-electron chi connectivity index (χ1n) is 5.96. The third-order valence-electron chi connectivity index (χ3n) is 3.02. The molecule has 1 heterocycles. The van der Waals surface area contributed by atoms with Gasteiger partial charge in [0.2, 0.25) is 0 Å². The highest BCUT2D eigenvalue weighted by Crippen LogP contribution is 2.18. The summed E-state index contributed by atoms with van der Waals surface area (Å²) in [6.07, 6.45) is 0.900. The van der Waals surface area contributed by atoms with Gasteiger partial charge in [-0.15, -0.1) is 0 Å². The van der Waals surface area contributed by atoms with Crippen molar-refractivity contribution in [1.29, 1.82) is 0 Å². The van der Waals surface area contributed by atoms with Gasteiger partial charge in [-0.25, -0.2) is 0 Å². The first-order chi connectivity index (χ1) is 6.92. The van der Waals surface area contributed by atoms with Gasteiger partial charge in [-0.1, -0.05) is 20.8 Å². The Kier molecular flexibility index (Phi) is 4.56. The summed E-state index contributed by atoms with van der Waals surface area (Å²) in [4.78, 5) is 4.90. The molecule has 0 unspecified atom stereocenters. The molecule has 3 heteroatoms. The van der Waals surface area contributed by atoms with Crippen LogP contribution in [-0.4, -0.2) is 60.8 Å². The zero-order valence-corrected chi connectivity index (χ0v) is 10.7. The molecule has 0 aromatic carbocycles. The predicted octanol–water partition coefficient (Wildman–Crippen LogP) is 1.03. The minimum absolute atomic E-state index is 0.304. The number of aliphatic hydroxyl groups is 1. The fourth-order valence-electron chi connectivity index (χ4n) is 2.29. The minimum Gasteiger partial charge on any atom is -0.396 e. The van der Waals surface area contributed by atoms with Crippen molar-refractivity contribution < 1.29 is 5.11 Å². The average molecular weight is 214 g/mol. The molecule has 1 saturated heterocycles. The Balaban J connectivity index is 2.43. The van der Waals surface area contributed by atoms with E-state index in [2.05, 4.69) is 37.6 Å². The highest BCUT2D eigenvalue weighted by atomic mass is 16.3. The van der Waals surface area contributed by atoms with Crippen molar-refractivity contribution in [2.24, 2.45) is 5.41 Å². The highest BCUT2D eigenvalue weighted by Gasteiger charge is 2.26. The minimum atomic E-state index is 0.304. The lowest BCUT2D eigenvalue weighted by Gasteiger charge is -2.41. The number of rotatable bonds is 3. The maximum atomic E-state index is 9.01. The van der Waals surface area contributed by atoms with Crippen molar-refractivity contribution in [2.45, 2.75) is 33.2 Å². The second-order valence-corrected chi connectivity index (χ2v) is 5.94. The molecule has 1 atom stereocenters. The highest BCUT2D eigenvalue weighted by molar-refractivity contribution is 4.82. The summed E-state index contributed by atoms with van der Waals surface area (Å²) in [5.41, 5.74) is 0.375. The molecular formula is C12H26N2O. The molecule has 15 heavy (non-hydrogen) atoms. The summed E-state index contributed by atoms with van der Waals surface area (Å²) in [6.45, 7) is 11.7. The fourth-order valence-corrected chi connectivity index (χ4v) is 2.29. The van der Waals surface area contributed by atoms with E-state index in [1.807, 2.05) is 0 Å². The standard InChI is InChI=1S/C12H26N2O/c1-12(2,3)10-14-7-6-13(4)11(9-14)5-8-15/h11,15H,5-10H2,1-4H3/t11-/m0/s1. The summed E-state index contributed by atoms with van der Waals surface area (Å²) in [6, 6.07) is 0.533. The van der Waals surface area contributed by atoms with Crippen LogP contribution in [0.5, 0.6) is 0 Å². The zero-order chi connectivity index (χ0) is 11.5. The summed E-state index contributed by atoms with van der Waals surface area (Å²) in [7, 11) is 2.16. The smallest absolute Gasteiger partial charge is 0.0446 e. The molecule has 0 aliphatic carbocycles. The number of aliphatic hydroxyl groups excluding tert-OH is 1. The SMILES string of the molecule is CN1CCN(CC(C)(C)C)C[C@@H]1CCO. The maximum Gasteiger partial charge on any atom is 0.0446 e. The number of piperazine rings is 1. The molecule has 1 aliphatic rings. The van der Waals surface area contributed by atoms with Crippen LogP contribution in [0.4, 0.5) is 0 Å². The first kappa shape index (κ1) is 12.9.